The second-order valence-corrected chi connectivity index (χ2v) is 9.77. The van der Waals surface area contributed by atoms with Crippen molar-refractivity contribution in [1.29, 1.82) is 0 Å². The lowest BCUT2D eigenvalue weighted by Crippen LogP contribution is -2.29. The Labute approximate surface area is 206 Å². The fraction of sp³-hybridized carbons (Fsp3) is 1.00. The first-order valence-electron chi connectivity index (χ1n) is 14.5. The van der Waals surface area contributed by atoms with E-state index in [1.165, 1.54) is 89.9 Å². The van der Waals surface area contributed by atoms with Crippen LogP contribution >= 0.6 is 0 Å². The van der Waals surface area contributed by atoms with Crippen LogP contribution in [0.4, 0.5) is 0 Å². The Balaban J connectivity index is 3.47. The first-order chi connectivity index (χ1) is 16.2. The molecule has 0 aromatic rings. The Bertz CT molecular complexity index is 357. The standard InChI is InChI=1S/C28H59NO4/c1-2-3-4-5-9-15-20-27-33-28(32)21-16-11-10-13-18-23-29(24-26-31)22-17-12-7-6-8-14-19-25-30/h28,30-32H,2-27H2,1H3. The van der Waals surface area contributed by atoms with Crippen molar-refractivity contribution < 1.29 is 20.1 Å². The molecule has 1 atom stereocenters. The monoisotopic (exact) mass is 473 g/mol. The van der Waals surface area contributed by atoms with Crippen molar-refractivity contribution in [3.8, 4) is 0 Å². The lowest BCUT2D eigenvalue weighted by Gasteiger charge is -2.21. The molecule has 0 rings (SSSR count). The summed E-state index contributed by atoms with van der Waals surface area (Å²) in [5, 5.41) is 28.1. The lowest BCUT2D eigenvalue weighted by molar-refractivity contribution is -0.105. The van der Waals surface area contributed by atoms with Crippen LogP contribution < -0.4 is 0 Å². The molecular formula is C28H59NO4. The first kappa shape index (κ1) is 32.8. The molecule has 0 spiro atoms. The quantitative estimate of drug-likeness (QED) is 0.0902. The molecule has 3 N–H and O–H groups in total. The molecule has 33 heavy (non-hydrogen) atoms. The Morgan fingerprint density at radius 1 is 0.545 bits per heavy atom. The van der Waals surface area contributed by atoms with Gasteiger partial charge in [0, 0.05) is 19.8 Å². The largest absolute Gasteiger partial charge is 0.396 e. The second kappa shape index (κ2) is 28.0. The summed E-state index contributed by atoms with van der Waals surface area (Å²) in [6.07, 6.45) is 23.3. The molecule has 0 fully saturated rings. The Morgan fingerprint density at radius 3 is 1.58 bits per heavy atom. The summed E-state index contributed by atoms with van der Waals surface area (Å²) in [5.74, 6) is 0. The van der Waals surface area contributed by atoms with Gasteiger partial charge >= 0.3 is 0 Å². The topological polar surface area (TPSA) is 73.2 Å². The first-order valence-corrected chi connectivity index (χ1v) is 14.5. The van der Waals surface area contributed by atoms with Crippen molar-refractivity contribution in [2.45, 2.75) is 142 Å². The summed E-state index contributed by atoms with van der Waals surface area (Å²) in [6, 6.07) is 0. The summed E-state index contributed by atoms with van der Waals surface area (Å²) in [7, 11) is 0. The van der Waals surface area contributed by atoms with Crippen molar-refractivity contribution in [2.24, 2.45) is 0 Å². The van der Waals surface area contributed by atoms with Crippen LogP contribution in [0, 0.1) is 0 Å². The van der Waals surface area contributed by atoms with Crippen molar-refractivity contribution in [2.75, 3.05) is 39.5 Å². The molecule has 5 heteroatoms. The predicted octanol–water partition coefficient (Wildman–Crippen LogP) is 6.43. The number of ether oxygens (including phenoxy) is 1. The van der Waals surface area contributed by atoms with Crippen LogP contribution in [0.5, 0.6) is 0 Å². The Hall–Kier alpha value is -0.200. The fourth-order valence-corrected chi connectivity index (χ4v) is 4.35. The summed E-state index contributed by atoms with van der Waals surface area (Å²) in [4.78, 5) is 2.41. The number of nitrogens with zero attached hydrogens (tertiary/aromatic N) is 1. The van der Waals surface area contributed by atoms with E-state index in [2.05, 4.69) is 11.8 Å². The van der Waals surface area contributed by atoms with Gasteiger partial charge in [0.25, 0.3) is 0 Å². The second-order valence-electron chi connectivity index (χ2n) is 9.77. The zero-order valence-corrected chi connectivity index (χ0v) is 22.2. The van der Waals surface area contributed by atoms with E-state index < -0.39 is 6.29 Å². The molecule has 200 valence electrons. The molecule has 0 aliphatic heterocycles. The minimum Gasteiger partial charge on any atom is -0.396 e. The van der Waals surface area contributed by atoms with Gasteiger partial charge in [0.1, 0.15) is 0 Å². The average molecular weight is 474 g/mol. The molecule has 0 amide bonds. The highest BCUT2D eigenvalue weighted by molar-refractivity contribution is 4.59. The molecule has 0 aliphatic rings. The van der Waals surface area contributed by atoms with Gasteiger partial charge in [0.2, 0.25) is 0 Å². The number of unbranched alkanes of at least 4 members (excludes halogenated alkanes) is 16. The minimum atomic E-state index is -0.584. The molecular weight excluding hydrogens is 414 g/mol. The van der Waals surface area contributed by atoms with Crippen LogP contribution in [-0.4, -0.2) is 66.0 Å². The molecule has 0 saturated heterocycles. The van der Waals surface area contributed by atoms with Crippen LogP contribution in [0.3, 0.4) is 0 Å². The fourth-order valence-electron chi connectivity index (χ4n) is 4.35. The molecule has 0 heterocycles. The molecule has 0 saturated carbocycles. The maximum absolute atomic E-state index is 9.97. The van der Waals surface area contributed by atoms with Gasteiger partial charge in [0.05, 0.1) is 6.61 Å². The third-order valence-corrected chi connectivity index (χ3v) is 6.53. The highest BCUT2D eigenvalue weighted by Gasteiger charge is 2.06. The number of rotatable bonds is 28. The molecule has 0 aromatic heterocycles. The van der Waals surface area contributed by atoms with E-state index in [0.29, 0.717) is 13.2 Å². The van der Waals surface area contributed by atoms with Gasteiger partial charge in [0.15, 0.2) is 6.29 Å². The summed E-state index contributed by atoms with van der Waals surface area (Å²) >= 11 is 0. The maximum Gasteiger partial charge on any atom is 0.154 e. The summed E-state index contributed by atoms with van der Waals surface area (Å²) in [5.41, 5.74) is 0. The van der Waals surface area contributed by atoms with E-state index in [9.17, 15) is 10.2 Å². The maximum atomic E-state index is 9.97. The average Bonchev–Trinajstić information content (AvgIpc) is 2.81. The van der Waals surface area contributed by atoms with E-state index >= 15 is 0 Å². The SMILES string of the molecule is CCCCCCCCCOC(O)CCCCCCCN(CCO)CCCCCCCCCO. The normalized spacial score (nSPS) is 12.6. The van der Waals surface area contributed by atoms with E-state index in [1.807, 2.05) is 0 Å². The molecule has 0 aromatic carbocycles. The smallest absolute Gasteiger partial charge is 0.154 e. The summed E-state index contributed by atoms with van der Waals surface area (Å²) < 4.78 is 5.55. The zero-order valence-electron chi connectivity index (χ0n) is 22.2. The molecule has 0 bridgehead atoms. The number of hydrogen-bond acceptors (Lipinski definition) is 5. The molecule has 0 radical (unpaired) electrons. The van der Waals surface area contributed by atoms with E-state index in [0.717, 1.165) is 58.2 Å². The highest BCUT2D eigenvalue weighted by atomic mass is 16.6. The Kier molecular flexibility index (Phi) is 27.9. The van der Waals surface area contributed by atoms with Crippen molar-refractivity contribution in [3.63, 3.8) is 0 Å². The molecule has 0 aliphatic carbocycles. The van der Waals surface area contributed by atoms with Crippen molar-refractivity contribution in [3.05, 3.63) is 0 Å². The highest BCUT2D eigenvalue weighted by Crippen LogP contribution is 2.12. The van der Waals surface area contributed by atoms with Gasteiger partial charge in [-0.15, -0.1) is 0 Å². The van der Waals surface area contributed by atoms with Gasteiger partial charge in [-0.05, 0) is 51.6 Å². The van der Waals surface area contributed by atoms with E-state index in [4.69, 9.17) is 9.84 Å². The van der Waals surface area contributed by atoms with Crippen LogP contribution in [0.1, 0.15) is 135 Å². The van der Waals surface area contributed by atoms with Gasteiger partial charge < -0.3 is 25.0 Å². The third-order valence-electron chi connectivity index (χ3n) is 6.53. The van der Waals surface area contributed by atoms with E-state index in [1.54, 1.807) is 0 Å². The minimum absolute atomic E-state index is 0.248. The number of hydrogen-bond donors (Lipinski definition) is 3. The zero-order chi connectivity index (χ0) is 24.2. The lowest BCUT2D eigenvalue weighted by atomic mass is 10.1. The molecule has 5 nitrogen and oxygen atoms in total. The van der Waals surface area contributed by atoms with Crippen LogP contribution in [0.15, 0.2) is 0 Å². The summed E-state index contributed by atoms with van der Waals surface area (Å²) in [6.45, 7) is 6.49. The van der Waals surface area contributed by atoms with Gasteiger partial charge in [-0.25, -0.2) is 0 Å². The van der Waals surface area contributed by atoms with Crippen LogP contribution in [0.25, 0.3) is 0 Å². The van der Waals surface area contributed by atoms with Crippen LogP contribution in [-0.2, 0) is 4.74 Å². The number of aliphatic hydroxyl groups is 3. The van der Waals surface area contributed by atoms with Gasteiger partial charge in [-0.2, -0.15) is 0 Å². The molecule has 1 unspecified atom stereocenters. The van der Waals surface area contributed by atoms with Gasteiger partial charge in [-0.3, -0.25) is 0 Å². The third kappa shape index (κ3) is 26.2. The van der Waals surface area contributed by atoms with E-state index in [-0.39, 0.29) is 6.61 Å². The van der Waals surface area contributed by atoms with Gasteiger partial charge in [-0.1, -0.05) is 96.8 Å². The Morgan fingerprint density at radius 2 is 1.03 bits per heavy atom. The predicted molar refractivity (Wildman–Crippen MR) is 141 cm³/mol. The number of aliphatic hydroxyl groups excluding tert-OH is 3. The van der Waals surface area contributed by atoms with Crippen molar-refractivity contribution >= 4 is 0 Å². The van der Waals surface area contributed by atoms with Crippen LogP contribution in [0.2, 0.25) is 0 Å². The van der Waals surface area contributed by atoms with Crippen molar-refractivity contribution in [1.82, 2.24) is 4.90 Å².